The van der Waals surface area contributed by atoms with Gasteiger partial charge in [-0.3, -0.25) is 14.1 Å². The molecule has 2 atom stereocenters. The van der Waals surface area contributed by atoms with Gasteiger partial charge in [-0.05, 0) is 50.1 Å². The standard InChI is InChI=1S/C23H35N5OS/c1-22(2)12-17-13-23(3,15-22)16-27(17)14-18-19(24-21-28(18)10-11-30-21)20(29)26-7-5-6-25(4)8-9-26/h10-11,17H,5-9,12-16H2,1-4H3/t17-,23-/m1/s1. The van der Waals surface area contributed by atoms with E-state index in [9.17, 15) is 4.79 Å². The number of amides is 1. The van der Waals surface area contributed by atoms with Crippen LogP contribution in [0.1, 0.15) is 62.6 Å². The second kappa shape index (κ2) is 7.31. The fourth-order valence-electron chi connectivity index (χ4n) is 6.51. The quantitative estimate of drug-likeness (QED) is 0.748. The zero-order chi connectivity index (χ0) is 21.1. The van der Waals surface area contributed by atoms with Crippen molar-refractivity contribution in [2.45, 2.75) is 59.0 Å². The van der Waals surface area contributed by atoms with E-state index in [1.807, 2.05) is 4.90 Å². The molecule has 0 aromatic carbocycles. The third-order valence-electron chi connectivity index (χ3n) is 7.45. The molecule has 4 heterocycles. The summed E-state index contributed by atoms with van der Waals surface area (Å²) >= 11 is 1.62. The van der Waals surface area contributed by atoms with Gasteiger partial charge in [0, 0.05) is 50.3 Å². The number of nitrogens with zero attached hydrogens (tertiary/aromatic N) is 5. The maximum Gasteiger partial charge on any atom is 0.274 e. The highest BCUT2D eigenvalue weighted by atomic mass is 32.1. The second-order valence-electron chi connectivity index (χ2n) is 11.0. The SMILES string of the molecule is CN1CCCN(C(=O)c2nc3sccn3c2CN2C[C@]3(C)C[C@H]2CC(C)(C)C3)CC1. The lowest BCUT2D eigenvalue weighted by molar-refractivity contribution is 0.0754. The Labute approximate surface area is 183 Å². The molecule has 2 saturated heterocycles. The van der Waals surface area contributed by atoms with E-state index in [-0.39, 0.29) is 5.91 Å². The Balaban J connectivity index is 1.43. The molecule has 1 aliphatic carbocycles. The number of aromatic nitrogens is 2. The largest absolute Gasteiger partial charge is 0.336 e. The maximum atomic E-state index is 13.5. The number of likely N-dealkylation sites (N-methyl/N-ethyl adjacent to an activating group) is 1. The monoisotopic (exact) mass is 429 g/mol. The van der Waals surface area contributed by atoms with E-state index in [1.165, 1.54) is 19.3 Å². The number of hydrogen-bond acceptors (Lipinski definition) is 5. The minimum absolute atomic E-state index is 0.116. The van der Waals surface area contributed by atoms with Crippen molar-refractivity contribution in [2.24, 2.45) is 10.8 Å². The van der Waals surface area contributed by atoms with Crippen molar-refractivity contribution in [2.75, 3.05) is 39.8 Å². The van der Waals surface area contributed by atoms with Crippen LogP contribution >= 0.6 is 11.3 Å². The van der Waals surface area contributed by atoms with Gasteiger partial charge in [0.25, 0.3) is 5.91 Å². The van der Waals surface area contributed by atoms with Gasteiger partial charge in [-0.1, -0.05) is 20.8 Å². The Morgan fingerprint density at radius 3 is 2.87 bits per heavy atom. The van der Waals surface area contributed by atoms with Gasteiger partial charge in [-0.15, -0.1) is 11.3 Å². The van der Waals surface area contributed by atoms with Crippen molar-refractivity contribution >= 4 is 22.2 Å². The molecule has 3 aliphatic rings. The van der Waals surface area contributed by atoms with Crippen LogP contribution in [0.15, 0.2) is 11.6 Å². The summed E-state index contributed by atoms with van der Waals surface area (Å²) in [5.74, 6) is 0.116. The molecule has 5 rings (SSSR count). The van der Waals surface area contributed by atoms with Crippen LogP contribution in [0.25, 0.3) is 4.96 Å². The fraction of sp³-hybridized carbons (Fsp3) is 0.739. The number of carbonyl (C=O) groups excluding carboxylic acids is 1. The van der Waals surface area contributed by atoms with E-state index < -0.39 is 0 Å². The molecule has 7 heteroatoms. The summed E-state index contributed by atoms with van der Waals surface area (Å²) in [6.45, 7) is 12.8. The molecule has 2 bridgehead atoms. The Bertz CT molecular complexity index is 949. The zero-order valence-corrected chi connectivity index (χ0v) is 19.7. The first kappa shape index (κ1) is 20.5. The Morgan fingerprint density at radius 2 is 2.03 bits per heavy atom. The van der Waals surface area contributed by atoms with Gasteiger partial charge in [0.15, 0.2) is 10.7 Å². The lowest BCUT2D eigenvalue weighted by Gasteiger charge is -2.39. The van der Waals surface area contributed by atoms with E-state index in [0.29, 0.717) is 22.6 Å². The van der Waals surface area contributed by atoms with Crippen molar-refractivity contribution in [3.05, 3.63) is 23.0 Å². The molecule has 0 spiro atoms. The molecule has 30 heavy (non-hydrogen) atoms. The summed E-state index contributed by atoms with van der Waals surface area (Å²) in [5.41, 5.74) is 2.56. The molecule has 3 fully saturated rings. The van der Waals surface area contributed by atoms with Crippen LogP contribution in [-0.2, 0) is 6.54 Å². The van der Waals surface area contributed by atoms with Crippen molar-refractivity contribution in [3.8, 4) is 0 Å². The van der Waals surface area contributed by atoms with Crippen LogP contribution in [-0.4, -0.2) is 75.8 Å². The number of likely N-dealkylation sites (tertiary alicyclic amines) is 1. The smallest absolute Gasteiger partial charge is 0.274 e. The first-order valence-corrected chi connectivity index (χ1v) is 12.3. The fourth-order valence-corrected chi connectivity index (χ4v) is 7.24. The first-order valence-electron chi connectivity index (χ1n) is 11.4. The summed E-state index contributed by atoms with van der Waals surface area (Å²) in [5, 5.41) is 2.08. The van der Waals surface area contributed by atoms with Crippen LogP contribution < -0.4 is 0 Å². The van der Waals surface area contributed by atoms with Crippen LogP contribution in [0.4, 0.5) is 0 Å². The van der Waals surface area contributed by atoms with Crippen molar-refractivity contribution in [3.63, 3.8) is 0 Å². The molecule has 0 unspecified atom stereocenters. The molecule has 1 saturated carbocycles. The number of rotatable bonds is 3. The zero-order valence-electron chi connectivity index (χ0n) is 18.9. The lowest BCUT2D eigenvalue weighted by Crippen LogP contribution is -2.37. The van der Waals surface area contributed by atoms with E-state index in [0.717, 1.165) is 56.3 Å². The van der Waals surface area contributed by atoms with Gasteiger partial charge in [0.05, 0.1) is 5.69 Å². The topological polar surface area (TPSA) is 44.1 Å². The van der Waals surface area contributed by atoms with E-state index >= 15 is 0 Å². The van der Waals surface area contributed by atoms with Gasteiger partial charge >= 0.3 is 0 Å². The first-order chi connectivity index (χ1) is 14.2. The van der Waals surface area contributed by atoms with Gasteiger partial charge in [-0.25, -0.2) is 4.98 Å². The molecule has 2 aliphatic heterocycles. The summed E-state index contributed by atoms with van der Waals surface area (Å²) in [4.78, 5) is 26.3. The Kier molecular flexibility index (Phi) is 4.99. The van der Waals surface area contributed by atoms with Gasteiger partial charge < -0.3 is 9.80 Å². The molecule has 0 N–H and O–H groups in total. The van der Waals surface area contributed by atoms with Crippen LogP contribution in [0, 0.1) is 10.8 Å². The minimum atomic E-state index is 0.116. The predicted molar refractivity (Wildman–Crippen MR) is 121 cm³/mol. The highest BCUT2D eigenvalue weighted by Gasteiger charge is 2.49. The summed E-state index contributed by atoms with van der Waals surface area (Å²) in [6.07, 6.45) is 6.94. The highest BCUT2D eigenvalue weighted by Crippen LogP contribution is 2.52. The van der Waals surface area contributed by atoms with Crippen LogP contribution in [0.3, 0.4) is 0 Å². The molecule has 2 aromatic rings. The minimum Gasteiger partial charge on any atom is -0.336 e. The van der Waals surface area contributed by atoms with Gasteiger partial charge in [0.1, 0.15) is 0 Å². The molecular formula is C23H35N5OS. The summed E-state index contributed by atoms with van der Waals surface area (Å²) < 4.78 is 2.16. The third kappa shape index (κ3) is 3.69. The summed E-state index contributed by atoms with van der Waals surface area (Å²) in [7, 11) is 2.14. The number of imidazole rings is 1. The summed E-state index contributed by atoms with van der Waals surface area (Å²) in [6, 6.07) is 0.609. The number of fused-ring (bicyclic) bond motifs is 3. The van der Waals surface area contributed by atoms with Crippen LogP contribution in [0.5, 0.6) is 0 Å². The molecule has 6 nitrogen and oxygen atoms in total. The average molecular weight is 430 g/mol. The van der Waals surface area contributed by atoms with E-state index in [1.54, 1.807) is 11.3 Å². The highest BCUT2D eigenvalue weighted by molar-refractivity contribution is 7.15. The Morgan fingerprint density at radius 1 is 1.20 bits per heavy atom. The number of hydrogen-bond donors (Lipinski definition) is 0. The van der Waals surface area contributed by atoms with Gasteiger partial charge in [-0.2, -0.15) is 0 Å². The normalized spacial score (nSPS) is 30.1. The Hall–Kier alpha value is -1.44. The molecule has 164 valence electrons. The lowest BCUT2D eigenvalue weighted by atomic mass is 9.65. The second-order valence-corrected chi connectivity index (χ2v) is 11.9. The third-order valence-corrected chi connectivity index (χ3v) is 8.20. The van der Waals surface area contributed by atoms with Crippen molar-refractivity contribution < 1.29 is 4.79 Å². The maximum absolute atomic E-state index is 13.5. The molecular weight excluding hydrogens is 394 g/mol. The molecule has 2 aromatic heterocycles. The van der Waals surface area contributed by atoms with Gasteiger partial charge in [0.2, 0.25) is 0 Å². The number of carbonyl (C=O) groups is 1. The predicted octanol–water partition coefficient (Wildman–Crippen LogP) is 3.57. The van der Waals surface area contributed by atoms with Crippen LogP contribution in [0.2, 0.25) is 0 Å². The van der Waals surface area contributed by atoms with E-state index in [4.69, 9.17) is 4.98 Å². The van der Waals surface area contributed by atoms with Crippen molar-refractivity contribution in [1.29, 1.82) is 0 Å². The number of thiazole rings is 1. The molecule has 0 radical (unpaired) electrons. The molecule has 1 amide bonds. The van der Waals surface area contributed by atoms with Crippen molar-refractivity contribution in [1.82, 2.24) is 24.1 Å². The van der Waals surface area contributed by atoms with E-state index in [2.05, 4.69) is 53.6 Å². The average Bonchev–Trinajstić information content (AvgIpc) is 3.24.